The summed E-state index contributed by atoms with van der Waals surface area (Å²) in [5.74, 6) is -0.940. The number of aryl methyl sites for hydroxylation is 2. The molecule has 1 heterocycles. The summed E-state index contributed by atoms with van der Waals surface area (Å²) in [6.07, 6.45) is 2.76. The summed E-state index contributed by atoms with van der Waals surface area (Å²) in [5.41, 5.74) is 2.61. The molecule has 3 rings (SSSR count). The van der Waals surface area contributed by atoms with Crippen LogP contribution < -0.4 is 0 Å². The maximum atomic E-state index is 12.7. The van der Waals surface area contributed by atoms with Crippen LogP contribution in [0.3, 0.4) is 0 Å². The van der Waals surface area contributed by atoms with E-state index >= 15 is 0 Å². The van der Waals surface area contributed by atoms with E-state index in [0.717, 1.165) is 30.4 Å². The van der Waals surface area contributed by atoms with Gasteiger partial charge in [0.1, 0.15) is 0 Å². The molecule has 1 aliphatic heterocycles. The van der Waals surface area contributed by atoms with Crippen LogP contribution in [0.25, 0.3) is 0 Å². The lowest BCUT2D eigenvalue weighted by Crippen LogP contribution is -2.35. The van der Waals surface area contributed by atoms with E-state index in [9.17, 15) is 18.0 Å². The van der Waals surface area contributed by atoms with Gasteiger partial charge in [0, 0.05) is 18.7 Å². The molecule has 0 radical (unpaired) electrons. The zero-order chi connectivity index (χ0) is 21.0. The molecular formula is C22H25NO5S. The van der Waals surface area contributed by atoms with Gasteiger partial charge in [-0.1, -0.05) is 30.2 Å². The highest BCUT2D eigenvalue weighted by atomic mass is 32.2. The number of piperidine rings is 1. The average Bonchev–Trinajstić information content (AvgIpc) is 2.72. The Bertz CT molecular complexity index is 1010. The molecule has 0 saturated carbocycles. The van der Waals surface area contributed by atoms with E-state index < -0.39 is 16.0 Å². The summed E-state index contributed by atoms with van der Waals surface area (Å²) >= 11 is 0. The number of nitrogens with zero attached hydrogens (tertiary/aromatic N) is 1. The predicted octanol–water partition coefficient (Wildman–Crippen LogP) is 3.52. The fraction of sp³-hybridized carbons (Fsp3) is 0.364. The third-order valence-corrected chi connectivity index (χ3v) is 6.97. The molecule has 7 heteroatoms. The first-order valence-corrected chi connectivity index (χ1v) is 11.1. The zero-order valence-corrected chi connectivity index (χ0v) is 17.5. The lowest BCUT2D eigenvalue weighted by molar-refractivity contribution is 0.0474. The van der Waals surface area contributed by atoms with Gasteiger partial charge in [0.15, 0.2) is 6.61 Å². The maximum absolute atomic E-state index is 12.7. The summed E-state index contributed by atoms with van der Waals surface area (Å²) < 4.78 is 31.9. The van der Waals surface area contributed by atoms with Gasteiger partial charge in [-0.3, -0.25) is 4.79 Å². The number of carbonyl (C=O) groups excluding carboxylic acids is 2. The van der Waals surface area contributed by atoms with Crippen molar-refractivity contribution in [3.63, 3.8) is 0 Å². The zero-order valence-electron chi connectivity index (χ0n) is 16.7. The van der Waals surface area contributed by atoms with E-state index in [2.05, 4.69) is 0 Å². The molecule has 1 saturated heterocycles. The van der Waals surface area contributed by atoms with E-state index in [4.69, 9.17) is 4.74 Å². The Kier molecular flexibility index (Phi) is 6.49. The molecule has 0 aliphatic carbocycles. The second-order valence-corrected chi connectivity index (χ2v) is 9.24. The number of carbonyl (C=O) groups is 2. The topological polar surface area (TPSA) is 80.8 Å². The number of hydrogen-bond acceptors (Lipinski definition) is 5. The van der Waals surface area contributed by atoms with Crippen LogP contribution in [0.15, 0.2) is 47.4 Å². The number of ketones is 1. The van der Waals surface area contributed by atoms with E-state index in [-0.39, 0.29) is 22.8 Å². The normalized spacial score (nSPS) is 15.1. The van der Waals surface area contributed by atoms with Crippen LogP contribution in [0.2, 0.25) is 0 Å². The average molecular weight is 416 g/mol. The first-order chi connectivity index (χ1) is 13.8. The molecule has 1 aliphatic rings. The van der Waals surface area contributed by atoms with Crippen molar-refractivity contribution in [3.8, 4) is 0 Å². The van der Waals surface area contributed by atoms with Crippen molar-refractivity contribution in [1.82, 2.24) is 4.31 Å². The Hall–Kier alpha value is -2.51. The Labute approximate surface area is 171 Å². The van der Waals surface area contributed by atoms with Gasteiger partial charge in [0.25, 0.3) is 0 Å². The van der Waals surface area contributed by atoms with E-state index in [1.807, 2.05) is 26.0 Å². The van der Waals surface area contributed by atoms with Gasteiger partial charge in [-0.05, 0) is 56.5 Å². The van der Waals surface area contributed by atoms with Crippen LogP contribution >= 0.6 is 0 Å². The molecule has 0 aromatic heterocycles. The minimum Gasteiger partial charge on any atom is -0.454 e. The van der Waals surface area contributed by atoms with Gasteiger partial charge in [-0.15, -0.1) is 0 Å². The SMILES string of the molecule is Cc1ccc(C(=O)COC(=O)c2ccc(S(=O)(=O)N3CCCCC3)cc2)c(C)c1. The summed E-state index contributed by atoms with van der Waals surface area (Å²) in [6, 6.07) is 11.1. The minimum absolute atomic E-state index is 0.155. The van der Waals surface area contributed by atoms with Gasteiger partial charge in [0.2, 0.25) is 15.8 Å². The maximum Gasteiger partial charge on any atom is 0.338 e. The predicted molar refractivity (Wildman–Crippen MR) is 110 cm³/mol. The van der Waals surface area contributed by atoms with E-state index in [1.165, 1.54) is 28.6 Å². The van der Waals surface area contributed by atoms with Crippen LogP contribution in [0.5, 0.6) is 0 Å². The van der Waals surface area contributed by atoms with Gasteiger partial charge in [-0.2, -0.15) is 4.31 Å². The van der Waals surface area contributed by atoms with Crippen molar-refractivity contribution in [2.24, 2.45) is 0 Å². The van der Waals surface area contributed by atoms with E-state index in [1.54, 1.807) is 6.07 Å². The van der Waals surface area contributed by atoms with Crippen molar-refractivity contribution < 1.29 is 22.7 Å². The highest BCUT2D eigenvalue weighted by Crippen LogP contribution is 2.21. The lowest BCUT2D eigenvalue weighted by Gasteiger charge is -2.25. The monoisotopic (exact) mass is 415 g/mol. The number of rotatable bonds is 6. The van der Waals surface area contributed by atoms with Crippen LogP contribution in [0.4, 0.5) is 0 Å². The quantitative estimate of drug-likeness (QED) is 0.533. The van der Waals surface area contributed by atoms with Crippen molar-refractivity contribution >= 4 is 21.8 Å². The summed E-state index contributed by atoms with van der Waals surface area (Å²) in [5, 5.41) is 0. The fourth-order valence-corrected chi connectivity index (χ4v) is 4.95. The van der Waals surface area contributed by atoms with Crippen molar-refractivity contribution in [2.45, 2.75) is 38.0 Å². The number of Topliss-reactive ketones (excluding diaryl/α,β-unsaturated/α-hetero) is 1. The fourth-order valence-electron chi connectivity index (χ4n) is 3.44. The second-order valence-electron chi connectivity index (χ2n) is 7.31. The molecule has 2 aromatic rings. The summed E-state index contributed by atoms with van der Waals surface area (Å²) in [7, 11) is -3.55. The van der Waals surface area contributed by atoms with Crippen molar-refractivity contribution in [2.75, 3.05) is 19.7 Å². The molecule has 0 spiro atoms. The van der Waals surface area contributed by atoms with Crippen LogP contribution in [-0.4, -0.2) is 44.2 Å². The van der Waals surface area contributed by atoms with Crippen molar-refractivity contribution in [1.29, 1.82) is 0 Å². The highest BCUT2D eigenvalue weighted by molar-refractivity contribution is 7.89. The molecule has 1 fully saturated rings. The molecule has 154 valence electrons. The van der Waals surface area contributed by atoms with Crippen LogP contribution in [-0.2, 0) is 14.8 Å². The van der Waals surface area contributed by atoms with Gasteiger partial charge in [-0.25, -0.2) is 13.2 Å². The third kappa shape index (κ3) is 4.92. The van der Waals surface area contributed by atoms with E-state index in [0.29, 0.717) is 18.7 Å². The molecule has 6 nitrogen and oxygen atoms in total. The molecule has 29 heavy (non-hydrogen) atoms. The number of sulfonamides is 1. The Morgan fingerprint density at radius 3 is 2.24 bits per heavy atom. The minimum atomic E-state index is -3.55. The first-order valence-electron chi connectivity index (χ1n) is 9.67. The van der Waals surface area contributed by atoms with Gasteiger partial charge in [0.05, 0.1) is 10.5 Å². The van der Waals surface area contributed by atoms with Crippen molar-refractivity contribution in [3.05, 3.63) is 64.7 Å². The number of ether oxygens (including phenoxy) is 1. The Morgan fingerprint density at radius 1 is 0.966 bits per heavy atom. The Balaban J connectivity index is 1.63. The molecule has 2 aromatic carbocycles. The smallest absolute Gasteiger partial charge is 0.338 e. The Morgan fingerprint density at radius 2 is 1.62 bits per heavy atom. The standard InChI is InChI=1S/C22H25NO5S/c1-16-6-11-20(17(2)14-16)21(24)15-28-22(25)18-7-9-19(10-8-18)29(26,27)23-12-4-3-5-13-23/h6-11,14H,3-5,12-13,15H2,1-2H3. The number of benzene rings is 2. The second kappa shape index (κ2) is 8.88. The molecule has 0 unspecified atom stereocenters. The molecule has 0 amide bonds. The molecule has 0 N–H and O–H groups in total. The van der Waals surface area contributed by atoms with Crippen LogP contribution in [0.1, 0.15) is 51.1 Å². The summed E-state index contributed by atoms with van der Waals surface area (Å²) in [6.45, 7) is 4.45. The summed E-state index contributed by atoms with van der Waals surface area (Å²) in [4.78, 5) is 24.7. The molecular weight excluding hydrogens is 390 g/mol. The third-order valence-electron chi connectivity index (χ3n) is 5.06. The number of hydrogen-bond donors (Lipinski definition) is 0. The lowest BCUT2D eigenvalue weighted by atomic mass is 10.0. The molecule has 0 atom stereocenters. The molecule has 0 bridgehead atoms. The van der Waals surface area contributed by atoms with Crippen LogP contribution in [0, 0.1) is 13.8 Å². The number of esters is 1. The van der Waals surface area contributed by atoms with Gasteiger partial charge < -0.3 is 4.74 Å². The van der Waals surface area contributed by atoms with Gasteiger partial charge >= 0.3 is 5.97 Å². The largest absolute Gasteiger partial charge is 0.454 e. The highest BCUT2D eigenvalue weighted by Gasteiger charge is 2.26. The first kappa shape index (κ1) is 21.2.